The average molecular weight is 454 g/mol. The molecule has 1 aliphatic rings. The van der Waals surface area contributed by atoms with Crippen LogP contribution in [0.5, 0.6) is 11.5 Å². The molecule has 0 radical (unpaired) electrons. The Morgan fingerprint density at radius 1 is 1.12 bits per heavy atom. The number of nitrogens with zero attached hydrogens (tertiary/aromatic N) is 2. The Hall–Kier alpha value is -4.08. The van der Waals surface area contributed by atoms with Gasteiger partial charge in [0.25, 0.3) is 0 Å². The zero-order valence-corrected chi connectivity index (χ0v) is 18.3. The fourth-order valence-electron chi connectivity index (χ4n) is 3.91. The van der Waals surface area contributed by atoms with E-state index in [0.717, 1.165) is 23.4 Å². The van der Waals surface area contributed by atoms with Crippen molar-refractivity contribution in [3.05, 3.63) is 71.1 Å². The number of rotatable bonds is 5. The monoisotopic (exact) mass is 454 g/mol. The molecule has 2 N–H and O–H groups in total. The fraction of sp³-hybridized carbons (Fsp3) is 0.261. The first-order valence-electron chi connectivity index (χ1n) is 10.2. The second kappa shape index (κ2) is 9.19. The van der Waals surface area contributed by atoms with Crippen LogP contribution in [0.2, 0.25) is 0 Å². The third-order valence-corrected chi connectivity index (χ3v) is 5.50. The standard InChI is InChI=1S/C23H23FN4O5/c1-31-15-8-13(9-16(11-15)32-2)21-20-19(25-12-26-20)6-7-28(21)23(30)27-18-5-4-14(24)10-17(18)22(29)33-3/h4-5,8-12,21H,6-7H2,1-3H3,(H,25,26)(H,27,30)/t21-/m0/s1. The van der Waals surface area contributed by atoms with E-state index in [4.69, 9.17) is 14.2 Å². The van der Waals surface area contributed by atoms with Gasteiger partial charge in [-0.1, -0.05) is 0 Å². The van der Waals surface area contributed by atoms with Crippen LogP contribution >= 0.6 is 0 Å². The number of H-pyrrole nitrogens is 1. The largest absolute Gasteiger partial charge is 0.497 e. The number of imidazole rings is 1. The van der Waals surface area contributed by atoms with E-state index in [1.54, 1.807) is 31.5 Å². The lowest BCUT2D eigenvalue weighted by molar-refractivity contribution is 0.0601. The van der Waals surface area contributed by atoms with Crippen molar-refractivity contribution in [2.75, 3.05) is 33.2 Å². The molecule has 2 amide bonds. The van der Waals surface area contributed by atoms with E-state index >= 15 is 0 Å². The van der Waals surface area contributed by atoms with Gasteiger partial charge in [-0.2, -0.15) is 0 Å². The highest BCUT2D eigenvalue weighted by atomic mass is 19.1. The Balaban J connectivity index is 1.73. The van der Waals surface area contributed by atoms with E-state index in [0.29, 0.717) is 30.2 Å². The first kappa shape index (κ1) is 22.1. The topological polar surface area (TPSA) is 106 Å². The smallest absolute Gasteiger partial charge is 0.340 e. The normalized spacial score (nSPS) is 14.9. The van der Waals surface area contributed by atoms with Crippen molar-refractivity contribution in [2.24, 2.45) is 0 Å². The summed E-state index contributed by atoms with van der Waals surface area (Å²) in [5, 5.41) is 2.72. The Morgan fingerprint density at radius 3 is 2.52 bits per heavy atom. The molecule has 0 unspecified atom stereocenters. The minimum atomic E-state index is -0.757. The molecular formula is C23H23FN4O5. The van der Waals surface area contributed by atoms with E-state index in [9.17, 15) is 14.0 Å². The second-order valence-electron chi connectivity index (χ2n) is 7.37. The molecular weight excluding hydrogens is 431 g/mol. The van der Waals surface area contributed by atoms with Crippen molar-refractivity contribution in [1.82, 2.24) is 14.9 Å². The van der Waals surface area contributed by atoms with E-state index < -0.39 is 23.9 Å². The van der Waals surface area contributed by atoms with Gasteiger partial charge < -0.3 is 29.4 Å². The number of carbonyl (C=O) groups excluding carboxylic acids is 2. The van der Waals surface area contributed by atoms with Gasteiger partial charge in [0, 0.05) is 24.7 Å². The third-order valence-electron chi connectivity index (χ3n) is 5.50. The van der Waals surface area contributed by atoms with Gasteiger partial charge >= 0.3 is 12.0 Å². The average Bonchev–Trinajstić information content (AvgIpc) is 3.32. The van der Waals surface area contributed by atoms with E-state index in [1.165, 1.54) is 13.2 Å². The molecule has 4 rings (SSSR count). The number of ether oxygens (including phenoxy) is 3. The lowest BCUT2D eigenvalue weighted by Gasteiger charge is -2.35. The van der Waals surface area contributed by atoms with Crippen LogP contribution in [0.15, 0.2) is 42.7 Å². The fourth-order valence-corrected chi connectivity index (χ4v) is 3.91. The second-order valence-corrected chi connectivity index (χ2v) is 7.37. The predicted octanol–water partition coefficient (Wildman–Crippen LogP) is 3.53. The molecule has 0 aliphatic carbocycles. The molecule has 0 fully saturated rings. The Morgan fingerprint density at radius 2 is 1.85 bits per heavy atom. The maximum absolute atomic E-state index is 13.7. The van der Waals surface area contributed by atoms with Crippen LogP contribution in [0.3, 0.4) is 0 Å². The molecule has 0 saturated carbocycles. The number of hydrogen-bond donors (Lipinski definition) is 2. The minimum Gasteiger partial charge on any atom is -0.497 e. The van der Waals surface area contributed by atoms with Crippen molar-refractivity contribution < 1.29 is 28.2 Å². The highest BCUT2D eigenvalue weighted by Gasteiger charge is 2.35. The minimum absolute atomic E-state index is 0.0806. The molecule has 0 bridgehead atoms. The number of halogens is 1. The summed E-state index contributed by atoms with van der Waals surface area (Å²) in [5.74, 6) is -0.237. The number of nitrogens with one attached hydrogen (secondary N) is 2. The predicted molar refractivity (Wildman–Crippen MR) is 117 cm³/mol. The summed E-state index contributed by atoms with van der Waals surface area (Å²) in [6.07, 6.45) is 2.15. The summed E-state index contributed by atoms with van der Waals surface area (Å²) in [4.78, 5) is 34.7. The van der Waals surface area contributed by atoms with Crippen LogP contribution in [0, 0.1) is 5.82 Å². The summed E-state index contributed by atoms with van der Waals surface area (Å²) >= 11 is 0. The van der Waals surface area contributed by atoms with E-state index in [2.05, 4.69) is 15.3 Å². The molecule has 1 aliphatic heterocycles. The molecule has 3 aromatic rings. The molecule has 33 heavy (non-hydrogen) atoms. The van der Waals surface area contributed by atoms with Crippen molar-refractivity contribution in [2.45, 2.75) is 12.5 Å². The summed E-state index contributed by atoms with van der Waals surface area (Å²) in [7, 11) is 4.29. The van der Waals surface area contributed by atoms with Crippen molar-refractivity contribution in [1.29, 1.82) is 0 Å². The van der Waals surface area contributed by atoms with Gasteiger partial charge in [0.15, 0.2) is 0 Å². The first-order valence-corrected chi connectivity index (χ1v) is 10.2. The molecule has 9 nitrogen and oxygen atoms in total. The highest BCUT2D eigenvalue weighted by Crippen LogP contribution is 2.37. The van der Waals surface area contributed by atoms with Crippen LogP contribution in [0.4, 0.5) is 14.9 Å². The van der Waals surface area contributed by atoms with Gasteiger partial charge in [-0.15, -0.1) is 0 Å². The number of benzene rings is 2. The molecule has 172 valence electrons. The highest BCUT2D eigenvalue weighted by molar-refractivity contribution is 6.01. The number of methoxy groups -OCH3 is 3. The van der Waals surface area contributed by atoms with Gasteiger partial charge in [0.2, 0.25) is 0 Å². The molecule has 10 heteroatoms. The van der Waals surface area contributed by atoms with Crippen molar-refractivity contribution in [3.63, 3.8) is 0 Å². The number of hydrogen-bond acceptors (Lipinski definition) is 6. The van der Waals surface area contributed by atoms with Crippen molar-refractivity contribution >= 4 is 17.7 Å². The first-order chi connectivity index (χ1) is 15.9. The Labute approximate surface area is 189 Å². The van der Waals surface area contributed by atoms with Crippen LogP contribution in [-0.2, 0) is 11.2 Å². The number of aromatic amines is 1. The van der Waals surface area contributed by atoms with Crippen LogP contribution < -0.4 is 14.8 Å². The van der Waals surface area contributed by atoms with E-state index in [1.807, 2.05) is 12.1 Å². The number of amides is 2. The van der Waals surface area contributed by atoms with Gasteiger partial charge in [0.1, 0.15) is 23.4 Å². The van der Waals surface area contributed by atoms with Gasteiger partial charge in [-0.25, -0.2) is 19.0 Å². The SMILES string of the molecule is COC(=O)c1cc(F)ccc1NC(=O)N1CCc2[nH]cnc2[C@@H]1c1cc(OC)cc(OC)c1. The van der Waals surface area contributed by atoms with Crippen LogP contribution in [-0.4, -0.2) is 54.7 Å². The number of fused-ring (bicyclic) bond motifs is 1. The van der Waals surface area contributed by atoms with Crippen LogP contribution in [0.1, 0.15) is 33.4 Å². The summed E-state index contributed by atoms with van der Waals surface area (Å²) in [6, 6.07) is 7.85. The molecule has 2 aromatic carbocycles. The maximum Gasteiger partial charge on any atom is 0.340 e. The molecule has 1 aromatic heterocycles. The number of anilines is 1. The number of carbonyl (C=O) groups is 2. The van der Waals surface area contributed by atoms with Gasteiger partial charge in [-0.3, -0.25) is 0 Å². The number of aromatic nitrogens is 2. The summed E-state index contributed by atoms with van der Waals surface area (Å²) < 4.78 is 29.3. The zero-order chi connectivity index (χ0) is 23.5. The molecule has 2 heterocycles. The number of esters is 1. The number of urea groups is 1. The third kappa shape index (κ3) is 4.32. The lowest BCUT2D eigenvalue weighted by atomic mass is 9.95. The molecule has 1 atom stereocenters. The van der Waals surface area contributed by atoms with Crippen molar-refractivity contribution in [3.8, 4) is 11.5 Å². The maximum atomic E-state index is 13.7. The van der Waals surface area contributed by atoms with Crippen LogP contribution in [0.25, 0.3) is 0 Å². The van der Waals surface area contributed by atoms with E-state index in [-0.39, 0.29) is 11.3 Å². The lowest BCUT2D eigenvalue weighted by Crippen LogP contribution is -2.43. The Kier molecular flexibility index (Phi) is 6.16. The van der Waals surface area contributed by atoms with Gasteiger partial charge in [-0.05, 0) is 35.9 Å². The Bertz CT molecular complexity index is 1170. The molecule has 0 saturated heterocycles. The summed E-state index contributed by atoms with van der Waals surface area (Å²) in [5.41, 5.74) is 2.41. The summed E-state index contributed by atoms with van der Waals surface area (Å²) in [6.45, 7) is 0.375. The molecule has 0 spiro atoms. The zero-order valence-electron chi connectivity index (χ0n) is 18.3. The quantitative estimate of drug-likeness (QED) is 0.572. The van der Waals surface area contributed by atoms with Gasteiger partial charge in [0.05, 0.1) is 44.6 Å².